The fourth-order valence-electron chi connectivity index (χ4n) is 1.86. The van der Waals surface area contributed by atoms with Crippen molar-refractivity contribution < 1.29 is 19.1 Å². The maximum Gasteiger partial charge on any atom is 0.341 e. The first kappa shape index (κ1) is 15.7. The van der Waals surface area contributed by atoms with Crippen LogP contribution in [0.4, 0.5) is 0 Å². The lowest BCUT2D eigenvalue weighted by atomic mass is 9.98. The van der Waals surface area contributed by atoms with Gasteiger partial charge in [0, 0.05) is 6.54 Å². The molecule has 2 N–H and O–H groups in total. The lowest BCUT2D eigenvalue weighted by Gasteiger charge is -2.25. The fraction of sp³-hybridized carbons (Fsp3) is 0.643. The summed E-state index contributed by atoms with van der Waals surface area (Å²) in [6, 6.07) is 1.67. The lowest BCUT2D eigenvalue weighted by Crippen LogP contribution is -2.39. The predicted molar refractivity (Wildman–Crippen MR) is 72.0 cm³/mol. The molecule has 0 radical (unpaired) electrons. The summed E-state index contributed by atoms with van der Waals surface area (Å²) in [7, 11) is 1.34. The van der Waals surface area contributed by atoms with Gasteiger partial charge in [-0.25, -0.2) is 4.79 Å². The van der Waals surface area contributed by atoms with Gasteiger partial charge < -0.3 is 19.6 Å². The number of aliphatic hydroxyl groups is 1. The molecule has 0 spiro atoms. The van der Waals surface area contributed by atoms with E-state index in [0.29, 0.717) is 43.0 Å². The number of furan rings is 1. The van der Waals surface area contributed by atoms with Gasteiger partial charge in [0.15, 0.2) is 0 Å². The van der Waals surface area contributed by atoms with Crippen LogP contribution >= 0.6 is 0 Å². The molecule has 0 saturated heterocycles. The Balaban J connectivity index is 2.57. The van der Waals surface area contributed by atoms with Gasteiger partial charge in [0.05, 0.1) is 19.3 Å². The molecule has 0 aliphatic heterocycles. The van der Waals surface area contributed by atoms with Crippen LogP contribution in [0.3, 0.4) is 0 Å². The van der Waals surface area contributed by atoms with E-state index in [2.05, 4.69) is 10.1 Å². The molecule has 5 heteroatoms. The van der Waals surface area contributed by atoms with Gasteiger partial charge in [-0.05, 0) is 25.8 Å². The monoisotopic (exact) mass is 269 g/mol. The number of ether oxygens (including phenoxy) is 1. The Labute approximate surface area is 113 Å². The van der Waals surface area contributed by atoms with E-state index in [1.807, 2.05) is 13.8 Å². The second-order valence-corrected chi connectivity index (χ2v) is 4.71. The molecule has 1 rings (SSSR count). The van der Waals surface area contributed by atoms with Crippen LogP contribution in [0, 0.1) is 6.92 Å². The molecule has 0 aromatic carbocycles. The van der Waals surface area contributed by atoms with E-state index in [-0.39, 0.29) is 0 Å². The number of aryl methyl sites for hydroxylation is 1. The Hall–Kier alpha value is -1.33. The second-order valence-electron chi connectivity index (χ2n) is 4.71. The van der Waals surface area contributed by atoms with Crippen LogP contribution in [0.5, 0.6) is 0 Å². The SMILES string of the molecule is CCC(O)(CC)CNCc1cc(C(=O)OC)c(C)o1. The molecular formula is C14H23NO4. The molecule has 0 atom stereocenters. The van der Waals surface area contributed by atoms with Crippen molar-refractivity contribution in [3.63, 3.8) is 0 Å². The zero-order valence-corrected chi connectivity index (χ0v) is 12.1. The Morgan fingerprint density at radius 1 is 1.47 bits per heavy atom. The number of hydrogen-bond acceptors (Lipinski definition) is 5. The highest BCUT2D eigenvalue weighted by atomic mass is 16.5. The van der Waals surface area contributed by atoms with E-state index in [1.165, 1.54) is 7.11 Å². The van der Waals surface area contributed by atoms with Crippen molar-refractivity contribution in [2.75, 3.05) is 13.7 Å². The quantitative estimate of drug-likeness (QED) is 0.741. The Morgan fingerprint density at radius 3 is 2.63 bits per heavy atom. The van der Waals surface area contributed by atoms with Gasteiger partial charge in [-0.15, -0.1) is 0 Å². The Morgan fingerprint density at radius 2 is 2.11 bits per heavy atom. The summed E-state index contributed by atoms with van der Waals surface area (Å²) < 4.78 is 10.1. The molecule has 108 valence electrons. The summed E-state index contributed by atoms with van der Waals surface area (Å²) in [6.07, 6.45) is 1.39. The van der Waals surface area contributed by atoms with Crippen molar-refractivity contribution in [2.24, 2.45) is 0 Å². The molecule has 1 heterocycles. The average molecular weight is 269 g/mol. The first-order chi connectivity index (χ1) is 8.95. The largest absolute Gasteiger partial charge is 0.465 e. The van der Waals surface area contributed by atoms with Crippen molar-refractivity contribution in [3.8, 4) is 0 Å². The zero-order valence-electron chi connectivity index (χ0n) is 12.1. The number of carbonyl (C=O) groups excluding carboxylic acids is 1. The van der Waals surface area contributed by atoms with Gasteiger partial charge in [0.2, 0.25) is 0 Å². The van der Waals surface area contributed by atoms with Crippen molar-refractivity contribution in [1.82, 2.24) is 5.32 Å². The van der Waals surface area contributed by atoms with Gasteiger partial charge in [-0.3, -0.25) is 0 Å². The third-order valence-corrected chi connectivity index (χ3v) is 3.44. The van der Waals surface area contributed by atoms with E-state index in [4.69, 9.17) is 4.42 Å². The highest BCUT2D eigenvalue weighted by molar-refractivity contribution is 5.90. The molecule has 0 amide bonds. The highest BCUT2D eigenvalue weighted by Crippen LogP contribution is 2.17. The summed E-state index contributed by atoms with van der Waals surface area (Å²) in [6.45, 7) is 6.60. The summed E-state index contributed by atoms with van der Waals surface area (Å²) in [5.74, 6) is 0.809. The first-order valence-corrected chi connectivity index (χ1v) is 6.56. The Bertz CT molecular complexity index is 421. The van der Waals surface area contributed by atoms with Gasteiger partial charge in [-0.1, -0.05) is 13.8 Å². The number of hydrogen-bond donors (Lipinski definition) is 2. The zero-order chi connectivity index (χ0) is 14.5. The number of carbonyl (C=O) groups is 1. The predicted octanol–water partition coefficient (Wildman–Crippen LogP) is 2.02. The van der Waals surface area contributed by atoms with E-state index >= 15 is 0 Å². The van der Waals surface area contributed by atoms with Crippen molar-refractivity contribution in [1.29, 1.82) is 0 Å². The number of rotatable bonds is 7. The molecule has 0 aliphatic carbocycles. The Kier molecular flexibility index (Phi) is 5.57. The fourth-order valence-corrected chi connectivity index (χ4v) is 1.86. The molecule has 0 unspecified atom stereocenters. The van der Waals surface area contributed by atoms with Gasteiger partial charge in [0.25, 0.3) is 0 Å². The molecule has 19 heavy (non-hydrogen) atoms. The summed E-state index contributed by atoms with van der Waals surface area (Å²) in [4.78, 5) is 11.4. The molecule has 0 bridgehead atoms. The van der Waals surface area contributed by atoms with Crippen LogP contribution in [0.25, 0.3) is 0 Å². The summed E-state index contributed by atoms with van der Waals surface area (Å²) >= 11 is 0. The van der Waals surface area contributed by atoms with Crippen LogP contribution in [-0.2, 0) is 11.3 Å². The maximum absolute atomic E-state index is 11.4. The molecule has 5 nitrogen and oxygen atoms in total. The van der Waals surface area contributed by atoms with Gasteiger partial charge in [0.1, 0.15) is 17.1 Å². The minimum atomic E-state index is -0.688. The number of esters is 1. The van der Waals surface area contributed by atoms with E-state index < -0.39 is 11.6 Å². The lowest BCUT2D eigenvalue weighted by molar-refractivity contribution is 0.0319. The van der Waals surface area contributed by atoms with Crippen molar-refractivity contribution in [3.05, 3.63) is 23.2 Å². The van der Waals surface area contributed by atoms with Gasteiger partial charge in [-0.2, -0.15) is 0 Å². The minimum absolute atomic E-state index is 0.397. The van der Waals surface area contributed by atoms with Crippen molar-refractivity contribution >= 4 is 5.97 Å². The van der Waals surface area contributed by atoms with Crippen molar-refractivity contribution in [2.45, 2.75) is 45.8 Å². The molecule has 1 aromatic rings. The average Bonchev–Trinajstić information content (AvgIpc) is 2.78. The van der Waals surface area contributed by atoms with Crippen LogP contribution in [0.1, 0.15) is 48.6 Å². The van der Waals surface area contributed by atoms with Gasteiger partial charge >= 0.3 is 5.97 Å². The molecule has 0 saturated carbocycles. The van der Waals surface area contributed by atoms with Crippen LogP contribution in [-0.4, -0.2) is 30.3 Å². The first-order valence-electron chi connectivity index (χ1n) is 6.56. The molecule has 0 fully saturated rings. The summed E-state index contributed by atoms with van der Waals surface area (Å²) in [5, 5.41) is 13.3. The van der Waals surface area contributed by atoms with E-state index in [1.54, 1.807) is 13.0 Å². The maximum atomic E-state index is 11.4. The van der Waals surface area contributed by atoms with Crippen LogP contribution in [0.15, 0.2) is 10.5 Å². The highest BCUT2D eigenvalue weighted by Gasteiger charge is 2.22. The van der Waals surface area contributed by atoms with E-state index in [9.17, 15) is 9.90 Å². The van der Waals surface area contributed by atoms with Crippen LogP contribution in [0.2, 0.25) is 0 Å². The normalized spacial score (nSPS) is 11.6. The smallest absolute Gasteiger partial charge is 0.341 e. The molecule has 0 aliphatic rings. The number of nitrogens with one attached hydrogen (secondary N) is 1. The third-order valence-electron chi connectivity index (χ3n) is 3.44. The molecule has 1 aromatic heterocycles. The summed E-state index contributed by atoms with van der Waals surface area (Å²) in [5.41, 5.74) is -0.243. The van der Waals surface area contributed by atoms with E-state index in [0.717, 1.165) is 0 Å². The van der Waals surface area contributed by atoms with Crippen LogP contribution < -0.4 is 5.32 Å². The topological polar surface area (TPSA) is 71.7 Å². The molecular weight excluding hydrogens is 246 g/mol. The third kappa shape index (κ3) is 4.08. The minimum Gasteiger partial charge on any atom is -0.465 e. The second kappa shape index (κ2) is 6.73. The number of methoxy groups -OCH3 is 1. The standard InChI is InChI=1S/C14H23NO4/c1-5-14(17,6-2)9-15-8-11-7-12(10(3)19-11)13(16)18-4/h7,15,17H,5-6,8-9H2,1-4H3.